The van der Waals surface area contributed by atoms with Gasteiger partial charge in [0.25, 0.3) is 10.0 Å². The van der Waals surface area contributed by atoms with Crippen LogP contribution < -0.4 is 9.62 Å². The number of halogens is 2. The van der Waals surface area contributed by atoms with E-state index in [2.05, 4.69) is 5.32 Å². The Balaban J connectivity index is 1.82. The lowest BCUT2D eigenvalue weighted by Gasteiger charge is -2.34. The lowest BCUT2D eigenvalue weighted by molar-refractivity contribution is -0.140. The van der Waals surface area contributed by atoms with Gasteiger partial charge in [0.05, 0.1) is 10.6 Å². The molecule has 0 fully saturated rings. The standard InChI is InChI=1S/C35H37Cl2N3O4S/c1-25(2)22-38-35(42)33(21-27-12-6-4-7-13-27)39(23-28-14-10-11-17-31(28)37)34(41)24-40(32-19-18-29(36)20-26(32)3)45(43,44)30-15-8-5-9-16-30/h4-20,25,33H,21-24H2,1-3H3,(H,38,42). The van der Waals surface area contributed by atoms with E-state index in [4.69, 9.17) is 23.2 Å². The van der Waals surface area contributed by atoms with Crippen molar-refractivity contribution >= 4 is 50.7 Å². The number of sulfonamides is 1. The summed E-state index contributed by atoms with van der Waals surface area (Å²) < 4.78 is 29.4. The molecule has 45 heavy (non-hydrogen) atoms. The molecular weight excluding hydrogens is 629 g/mol. The van der Waals surface area contributed by atoms with E-state index in [1.54, 1.807) is 67.6 Å². The minimum Gasteiger partial charge on any atom is -0.354 e. The highest BCUT2D eigenvalue weighted by Gasteiger charge is 2.35. The van der Waals surface area contributed by atoms with Crippen molar-refractivity contribution in [2.75, 3.05) is 17.4 Å². The lowest BCUT2D eigenvalue weighted by atomic mass is 10.0. The number of hydrogen-bond donors (Lipinski definition) is 1. The molecule has 0 bridgehead atoms. The monoisotopic (exact) mass is 665 g/mol. The van der Waals surface area contributed by atoms with Crippen LogP contribution >= 0.6 is 23.2 Å². The van der Waals surface area contributed by atoms with Crippen molar-refractivity contribution in [3.8, 4) is 0 Å². The molecule has 10 heteroatoms. The van der Waals surface area contributed by atoms with E-state index in [1.807, 2.05) is 44.2 Å². The minimum absolute atomic E-state index is 0.00999. The summed E-state index contributed by atoms with van der Waals surface area (Å²) in [5.41, 5.74) is 2.35. The third-order valence-electron chi connectivity index (χ3n) is 7.29. The zero-order valence-electron chi connectivity index (χ0n) is 25.5. The molecule has 0 aromatic heterocycles. The highest BCUT2D eigenvalue weighted by Crippen LogP contribution is 2.30. The normalized spacial score (nSPS) is 12.0. The number of carbonyl (C=O) groups is 2. The SMILES string of the molecule is Cc1cc(Cl)ccc1N(CC(=O)N(Cc1ccccc1Cl)C(Cc1ccccc1)C(=O)NCC(C)C)S(=O)(=O)c1ccccc1. The molecule has 0 heterocycles. The molecule has 1 unspecified atom stereocenters. The summed E-state index contributed by atoms with van der Waals surface area (Å²) in [6.45, 7) is 5.55. The van der Waals surface area contributed by atoms with Crippen LogP contribution in [0.2, 0.25) is 10.0 Å². The van der Waals surface area contributed by atoms with Gasteiger partial charge in [0.15, 0.2) is 0 Å². The molecule has 0 saturated heterocycles. The molecular formula is C35H37Cl2N3O4S. The summed E-state index contributed by atoms with van der Waals surface area (Å²) in [5.74, 6) is -0.726. The number of aryl methyl sites for hydroxylation is 1. The Hall–Kier alpha value is -3.85. The molecule has 0 aliphatic carbocycles. The first-order valence-corrected chi connectivity index (χ1v) is 16.9. The second-order valence-electron chi connectivity index (χ2n) is 11.2. The fourth-order valence-electron chi connectivity index (χ4n) is 4.92. The predicted octanol–water partition coefficient (Wildman–Crippen LogP) is 6.91. The van der Waals surface area contributed by atoms with E-state index in [-0.39, 0.29) is 29.7 Å². The fourth-order valence-corrected chi connectivity index (χ4v) is 6.84. The van der Waals surface area contributed by atoms with Gasteiger partial charge in [-0.2, -0.15) is 0 Å². The maximum absolute atomic E-state index is 14.5. The number of amides is 2. The third kappa shape index (κ3) is 8.87. The summed E-state index contributed by atoms with van der Waals surface area (Å²) >= 11 is 12.8. The topological polar surface area (TPSA) is 86.8 Å². The summed E-state index contributed by atoms with van der Waals surface area (Å²) in [6.07, 6.45) is 0.215. The molecule has 0 aliphatic rings. The van der Waals surface area contributed by atoms with Gasteiger partial charge in [0, 0.05) is 29.6 Å². The molecule has 1 atom stereocenters. The number of nitrogens with zero attached hydrogens (tertiary/aromatic N) is 2. The van der Waals surface area contributed by atoms with Gasteiger partial charge in [-0.05, 0) is 65.9 Å². The van der Waals surface area contributed by atoms with Crippen molar-refractivity contribution in [3.63, 3.8) is 0 Å². The van der Waals surface area contributed by atoms with Crippen molar-refractivity contribution in [2.45, 2.75) is 44.7 Å². The molecule has 0 saturated carbocycles. The summed E-state index contributed by atoms with van der Waals surface area (Å²) in [5, 5.41) is 3.85. The minimum atomic E-state index is -4.21. The average molecular weight is 667 g/mol. The van der Waals surface area contributed by atoms with Crippen molar-refractivity contribution in [3.05, 3.63) is 130 Å². The van der Waals surface area contributed by atoms with Gasteiger partial charge in [0.1, 0.15) is 12.6 Å². The van der Waals surface area contributed by atoms with Gasteiger partial charge in [0.2, 0.25) is 11.8 Å². The van der Waals surface area contributed by atoms with Gasteiger partial charge < -0.3 is 10.2 Å². The number of rotatable bonds is 13. The van der Waals surface area contributed by atoms with Gasteiger partial charge in [-0.3, -0.25) is 13.9 Å². The molecule has 4 rings (SSSR count). The van der Waals surface area contributed by atoms with Gasteiger partial charge in [-0.1, -0.05) is 104 Å². The Morgan fingerprint density at radius 2 is 1.47 bits per heavy atom. The highest BCUT2D eigenvalue weighted by atomic mass is 35.5. The van der Waals surface area contributed by atoms with E-state index < -0.39 is 28.5 Å². The fraction of sp³-hybridized carbons (Fsp3) is 0.257. The van der Waals surface area contributed by atoms with Crippen LogP contribution in [0.15, 0.2) is 108 Å². The molecule has 0 radical (unpaired) electrons. The molecule has 0 aliphatic heterocycles. The van der Waals surface area contributed by atoms with E-state index in [1.165, 1.54) is 17.0 Å². The molecule has 0 spiro atoms. The largest absolute Gasteiger partial charge is 0.354 e. The Morgan fingerprint density at radius 3 is 2.09 bits per heavy atom. The summed E-state index contributed by atoms with van der Waals surface area (Å²) in [7, 11) is -4.21. The average Bonchev–Trinajstić information content (AvgIpc) is 3.02. The predicted molar refractivity (Wildman–Crippen MR) is 181 cm³/mol. The van der Waals surface area contributed by atoms with Crippen molar-refractivity contribution in [1.29, 1.82) is 0 Å². The van der Waals surface area contributed by atoms with Gasteiger partial charge in [-0.25, -0.2) is 8.42 Å². The van der Waals surface area contributed by atoms with E-state index in [0.717, 1.165) is 9.87 Å². The number of hydrogen-bond acceptors (Lipinski definition) is 4. The maximum Gasteiger partial charge on any atom is 0.264 e. The first-order chi connectivity index (χ1) is 21.5. The Labute approximate surface area is 275 Å². The number of benzene rings is 4. The van der Waals surface area contributed by atoms with Crippen molar-refractivity contribution in [2.24, 2.45) is 5.92 Å². The van der Waals surface area contributed by atoms with Crippen LogP contribution in [0.1, 0.15) is 30.5 Å². The number of carbonyl (C=O) groups excluding carboxylic acids is 2. The number of anilines is 1. The molecule has 7 nitrogen and oxygen atoms in total. The van der Waals surface area contributed by atoms with Crippen LogP contribution in [0.4, 0.5) is 5.69 Å². The Bertz CT molecular complexity index is 1720. The van der Waals surface area contributed by atoms with Crippen LogP contribution in [0.3, 0.4) is 0 Å². The smallest absolute Gasteiger partial charge is 0.264 e. The molecule has 2 amide bonds. The van der Waals surface area contributed by atoms with Crippen molar-refractivity contribution < 1.29 is 18.0 Å². The molecule has 4 aromatic carbocycles. The van der Waals surface area contributed by atoms with Gasteiger partial charge >= 0.3 is 0 Å². The van der Waals surface area contributed by atoms with Crippen LogP contribution in [0.25, 0.3) is 0 Å². The van der Waals surface area contributed by atoms with E-state index >= 15 is 0 Å². The zero-order chi connectivity index (χ0) is 32.6. The van der Waals surface area contributed by atoms with Crippen LogP contribution in [0, 0.1) is 12.8 Å². The van der Waals surface area contributed by atoms with Crippen LogP contribution in [-0.2, 0) is 32.6 Å². The second-order valence-corrected chi connectivity index (χ2v) is 13.9. The highest BCUT2D eigenvalue weighted by molar-refractivity contribution is 7.92. The van der Waals surface area contributed by atoms with Crippen LogP contribution in [-0.4, -0.2) is 44.3 Å². The Morgan fingerprint density at radius 1 is 0.844 bits per heavy atom. The molecule has 4 aromatic rings. The van der Waals surface area contributed by atoms with Crippen LogP contribution in [0.5, 0.6) is 0 Å². The molecule has 1 N–H and O–H groups in total. The van der Waals surface area contributed by atoms with E-state index in [0.29, 0.717) is 33.4 Å². The zero-order valence-corrected chi connectivity index (χ0v) is 27.8. The summed E-state index contributed by atoms with van der Waals surface area (Å²) in [6, 6.07) is 28.3. The van der Waals surface area contributed by atoms with E-state index in [9.17, 15) is 18.0 Å². The third-order valence-corrected chi connectivity index (χ3v) is 9.67. The van der Waals surface area contributed by atoms with Crippen molar-refractivity contribution in [1.82, 2.24) is 10.2 Å². The number of nitrogens with one attached hydrogen (secondary N) is 1. The maximum atomic E-state index is 14.5. The quantitative estimate of drug-likeness (QED) is 0.168. The second kappa shape index (κ2) is 15.4. The summed E-state index contributed by atoms with van der Waals surface area (Å²) in [4.78, 5) is 29.9. The first-order valence-electron chi connectivity index (χ1n) is 14.7. The van der Waals surface area contributed by atoms with Gasteiger partial charge in [-0.15, -0.1) is 0 Å². The first kappa shape index (κ1) is 34.0. The Kier molecular flexibility index (Phi) is 11.7. The lowest BCUT2D eigenvalue weighted by Crippen LogP contribution is -2.53. The molecule has 236 valence electrons.